The van der Waals surface area contributed by atoms with E-state index in [1.807, 2.05) is 60.7 Å². The highest BCUT2D eigenvalue weighted by Crippen LogP contribution is 2.22. The van der Waals surface area contributed by atoms with Gasteiger partial charge in [0.1, 0.15) is 0 Å². The second kappa shape index (κ2) is 12.0. The first kappa shape index (κ1) is 25.7. The number of halogens is 1. The first-order chi connectivity index (χ1) is 17.5. The highest BCUT2D eigenvalue weighted by atomic mass is 79.9. The van der Waals surface area contributed by atoms with Crippen LogP contribution in [0.1, 0.15) is 19.4 Å². The molecule has 36 heavy (non-hydrogen) atoms. The van der Waals surface area contributed by atoms with Crippen molar-refractivity contribution in [1.29, 1.82) is 0 Å². The van der Waals surface area contributed by atoms with Gasteiger partial charge in [-0.15, -0.1) is 0 Å². The number of amides is 1. The van der Waals surface area contributed by atoms with Gasteiger partial charge < -0.3 is 4.90 Å². The van der Waals surface area contributed by atoms with Crippen LogP contribution in [0.5, 0.6) is 0 Å². The van der Waals surface area contributed by atoms with Crippen LogP contribution in [0.2, 0.25) is 0 Å². The van der Waals surface area contributed by atoms with E-state index >= 15 is 0 Å². The van der Waals surface area contributed by atoms with Crippen molar-refractivity contribution >= 4 is 56.4 Å². The number of nitrogens with one attached hydrogen (secondary N) is 1. The van der Waals surface area contributed by atoms with Crippen LogP contribution in [0.4, 0.5) is 5.69 Å². The number of aromatic nitrogens is 2. The second-order valence-electron chi connectivity index (χ2n) is 7.87. The molecule has 0 bridgehead atoms. The monoisotopic (exact) mass is 563 g/mol. The number of hydrogen-bond acceptors (Lipinski definition) is 6. The van der Waals surface area contributed by atoms with Crippen molar-refractivity contribution in [2.24, 2.45) is 5.10 Å². The van der Waals surface area contributed by atoms with Gasteiger partial charge in [0.2, 0.25) is 0 Å². The Balaban J connectivity index is 1.47. The zero-order chi connectivity index (χ0) is 25.5. The molecule has 4 rings (SSSR count). The molecule has 4 aromatic rings. The molecule has 184 valence electrons. The fourth-order valence-corrected chi connectivity index (χ4v) is 4.80. The van der Waals surface area contributed by atoms with Crippen molar-refractivity contribution in [2.75, 3.05) is 23.7 Å². The third-order valence-electron chi connectivity index (χ3n) is 5.59. The number of carbonyl (C=O) groups excluding carboxylic acids is 1. The van der Waals surface area contributed by atoms with Crippen LogP contribution in [0.25, 0.3) is 16.6 Å². The Hall–Kier alpha value is -3.43. The van der Waals surface area contributed by atoms with Gasteiger partial charge >= 0.3 is 0 Å². The molecule has 1 heterocycles. The lowest BCUT2D eigenvalue weighted by molar-refractivity contribution is -0.118. The molecular formula is C27H26BrN5O2S. The van der Waals surface area contributed by atoms with Crippen LogP contribution in [0.3, 0.4) is 0 Å². The van der Waals surface area contributed by atoms with Gasteiger partial charge in [0, 0.05) is 23.2 Å². The van der Waals surface area contributed by atoms with Crippen molar-refractivity contribution in [2.45, 2.75) is 19.0 Å². The Morgan fingerprint density at radius 3 is 2.44 bits per heavy atom. The number of rotatable bonds is 9. The maximum absolute atomic E-state index is 13.3. The smallest absolute Gasteiger partial charge is 0.266 e. The van der Waals surface area contributed by atoms with Crippen molar-refractivity contribution in [3.8, 4) is 5.69 Å². The molecule has 0 saturated heterocycles. The average molecular weight is 565 g/mol. The van der Waals surface area contributed by atoms with Crippen molar-refractivity contribution in [3.63, 3.8) is 0 Å². The van der Waals surface area contributed by atoms with Crippen LogP contribution in [0.15, 0.2) is 92.3 Å². The normalized spacial score (nSPS) is 11.2. The lowest BCUT2D eigenvalue weighted by Gasteiger charge is -2.20. The van der Waals surface area contributed by atoms with Crippen LogP contribution < -0.4 is 15.9 Å². The molecule has 1 N–H and O–H groups in total. The molecule has 0 atom stereocenters. The minimum atomic E-state index is -0.291. The molecule has 1 aromatic heterocycles. The van der Waals surface area contributed by atoms with Gasteiger partial charge in [-0.1, -0.05) is 52.0 Å². The third kappa shape index (κ3) is 6.03. The number of thioether (sulfide) groups is 1. The van der Waals surface area contributed by atoms with Crippen LogP contribution in [-0.4, -0.2) is 40.5 Å². The highest BCUT2D eigenvalue weighted by molar-refractivity contribution is 9.10. The minimum Gasteiger partial charge on any atom is -0.372 e. The van der Waals surface area contributed by atoms with Gasteiger partial charge in [-0.2, -0.15) is 5.10 Å². The number of para-hydroxylation sites is 1. The van der Waals surface area contributed by atoms with Crippen LogP contribution in [-0.2, 0) is 4.79 Å². The highest BCUT2D eigenvalue weighted by Gasteiger charge is 2.14. The number of hydrazone groups is 1. The maximum atomic E-state index is 13.3. The van der Waals surface area contributed by atoms with E-state index in [1.165, 1.54) is 16.3 Å². The fraction of sp³-hybridized carbons (Fsp3) is 0.185. The van der Waals surface area contributed by atoms with E-state index in [9.17, 15) is 9.59 Å². The lowest BCUT2D eigenvalue weighted by atomic mass is 10.2. The largest absolute Gasteiger partial charge is 0.372 e. The first-order valence-corrected chi connectivity index (χ1v) is 13.4. The Kier molecular flexibility index (Phi) is 8.56. The Morgan fingerprint density at radius 2 is 1.75 bits per heavy atom. The summed E-state index contributed by atoms with van der Waals surface area (Å²) in [7, 11) is 0. The van der Waals surface area contributed by atoms with Crippen molar-refractivity contribution in [3.05, 3.63) is 93.2 Å². The lowest BCUT2D eigenvalue weighted by Crippen LogP contribution is -2.24. The van der Waals surface area contributed by atoms with E-state index < -0.39 is 0 Å². The van der Waals surface area contributed by atoms with Gasteiger partial charge in [0.05, 0.1) is 28.6 Å². The fourth-order valence-electron chi connectivity index (χ4n) is 3.73. The van der Waals surface area contributed by atoms with E-state index in [0.717, 1.165) is 28.8 Å². The standard InChI is InChI=1S/C27H26BrN5O2S/c1-3-32(4-2)21-13-9-19(10-14-21)17-29-31-25(34)18-36-27-30-24-8-6-5-7-23(24)26(35)33(27)22-15-11-20(28)12-16-22/h5-17H,3-4,18H2,1-2H3,(H,31,34)/b29-17+. The molecule has 7 nitrogen and oxygen atoms in total. The first-order valence-electron chi connectivity index (χ1n) is 11.6. The predicted octanol–water partition coefficient (Wildman–Crippen LogP) is 5.24. The Bertz CT molecular complexity index is 1430. The molecule has 0 aliphatic rings. The van der Waals surface area contributed by atoms with E-state index in [4.69, 9.17) is 0 Å². The number of benzene rings is 3. The number of carbonyl (C=O) groups is 1. The molecule has 0 fully saturated rings. The molecule has 0 radical (unpaired) electrons. The molecule has 3 aromatic carbocycles. The van der Waals surface area contributed by atoms with E-state index in [2.05, 4.69) is 50.2 Å². The molecule has 0 aliphatic heterocycles. The van der Waals surface area contributed by atoms with Gasteiger partial charge in [-0.05, 0) is 67.9 Å². The minimum absolute atomic E-state index is 0.0551. The Morgan fingerprint density at radius 1 is 1.06 bits per heavy atom. The van der Waals surface area contributed by atoms with E-state index in [0.29, 0.717) is 21.7 Å². The molecule has 1 amide bonds. The Labute approximate surface area is 222 Å². The summed E-state index contributed by atoms with van der Waals surface area (Å²) in [6.45, 7) is 6.13. The van der Waals surface area contributed by atoms with Crippen molar-refractivity contribution in [1.82, 2.24) is 15.0 Å². The van der Waals surface area contributed by atoms with Gasteiger partial charge in [-0.25, -0.2) is 10.4 Å². The second-order valence-corrected chi connectivity index (χ2v) is 9.73. The number of fused-ring (bicyclic) bond motifs is 1. The number of hydrogen-bond donors (Lipinski definition) is 1. The van der Waals surface area contributed by atoms with Gasteiger partial charge in [0.15, 0.2) is 5.16 Å². The summed E-state index contributed by atoms with van der Waals surface area (Å²) in [5.74, 6) is -0.236. The summed E-state index contributed by atoms with van der Waals surface area (Å²) in [6, 6.07) is 22.6. The maximum Gasteiger partial charge on any atom is 0.266 e. The third-order valence-corrected chi connectivity index (χ3v) is 7.05. The quantitative estimate of drug-likeness (QED) is 0.130. The summed E-state index contributed by atoms with van der Waals surface area (Å²) >= 11 is 4.61. The molecule has 0 aliphatic carbocycles. The topological polar surface area (TPSA) is 79.6 Å². The summed E-state index contributed by atoms with van der Waals surface area (Å²) in [6.07, 6.45) is 1.61. The predicted molar refractivity (Wildman–Crippen MR) is 152 cm³/mol. The molecule has 9 heteroatoms. The average Bonchev–Trinajstić information content (AvgIpc) is 2.90. The number of anilines is 1. The van der Waals surface area contributed by atoms with Crippen molar-refractivity contribution < 1.29 is 4.79 Å². The SMILES string of the molecule is CCN(CC)c1ccc(/C=N/NC(=O)CSc2nc3ccccc3c(=O)n2-c2ccc(Br)cc2)cc1. The van der Waals surface area contributed by atoms with Crippen LogP contribution >= 0.6 is 27.7 Å². The van der Waals surface area contributed by atoms with Crippen LogP contribution in [0, 0.1) is 0 Å². The zero-order valence-electron chi connectivity index (χ0n) is 20.0. The molecule has 0 spiro atoms. The van der Waals surface area contributed by atoms with E-state index in [-0.39, 0.29) is 17.2 Å². The molecule has 0 saturated carbocycles. The van der Waals surface area contributed by atoms with Gasteiger partial charge in [0.25, 0.3) is 11.5 Å². The summed E-state index contributed by atoms with van der Waals surface area (Å²) < 4.78 is 2.44. The molecular weight excluding hydrogens is 538 g/mol. The number of nitrogens with zero attached hydrogens (tertiary/aromatic N) is 4. The zero-order valence-corrected chi connectivity index (χ0v) is 22.4. The summed E-state index contributed by atoms with van der Waals surface area (Å²) in [5.41, 5.74) is 5.68. The summed E-state index contributed by atoms with van der Waals surface area (Å²) in [4.78, 5) is 32.7. The van der Waals surface area contributed by atoms with Gasteiger partial charge in [-0.3, -0.25) is 14.2 Å². The molecule has 0 unspecified atom stereocenters. The summed E-state index contributed by atoms with van der Waals surface area (Å²) in [5, 5.41) is 5.04. The van der Waals surface area contributed by atoms with E-state index in [1.54, 1.807) is 18.3 Å².